The number of pyridine rings is 1. The highest BCUT2D eigenvalue weighted by atomic mass is 32.1. The molecule has 12 heteroatoms. The highest BCUT2D eigenvalue weighted by Gasteiger charge is 2.18. The topological polar surface area (TPSA) is 140 Å². The van der Waals surface area contributed by atoms with Crippen molar-refractivity contribution >= 4 is 40.6 Å². The van der Waals surface area contributed by atoms with Crippen molar-refractivity contribution in [2.24, 2.45) is 0 Å². The molecule has 0 aromatic carbocycles. The number of hydrogen-bond acceptors (Lipinski definition) is 10. The summed E-state index contributed by atoms with van der Waals surface area (Å²) in [6.45, 7) is 5.65. The van der Waals surface area contributed by atoms with Crippen LogP contribution < -0.4 is 10.2 Å². The molecule has 3 rings (SSSR count). The maximum Gasteiger partial charge on any atom is 0.350 e. The maximum atomic E-state index is 12.4. The van der Waals surface area contributed by atoms with E-state index >= 15 is 0 Å². The van der Waals surface area contributed by atoms with Crippen LogP contribution >= 0.6 is 11.3 Å². The van der Waals surface area contributed by atoms with Crippen molar-refractivity contribution < 1.29 is 23.6 Å². The van der Waals surface area contributed by atoms with Gasteiger partial charge in [0.05, 0.1) is 12.3 Å². The number of esters is 1. The van der Waals surface area contributed by atoms with Crippen LogP contribution in [0.1, 0.15) is 41.0 Å². The van der Waals surface area contributed by atoms with E-state index in [1.54, 1.807) is 32.0 Å². The van der Waals surface area contributed by atoms with Crippen molar-refractivity contribution in [2.75, 3.05) is 23.4 Å². The zero-order valence-corrected chi connectivity index (χ0v) is 18.6. The van der Waals surface area contributed by atoms with Crippen molar-refractivity contribution in [1.29, 1.82) is 0 Å². The van der Waals surface area contributed by atoms with Crippen LogP contribution in [0.4, 0.5) is 10.9 Å². The van der Waals surface area contributed by atoms with Gasteiger partial charge in [-0.25, -0.2) is 14.8 Å². The van der Waals surface area contributed by atoms with Gasteiger partial charge in [-0.3, -0.25) is 14.5 Å². The Hall–Kier alpha value is -3.67. The average molecular weight is 459 g/mol. The highest BCUT2D eigenvalue weighted by Crippen LogP contribution is 2.24. The van der Waals surface area contributed by atoms with E-state index in [2.05, 4.69) is 25.4 Å². The Morgan fingerprint density at radius 1 is 1.25 bits per heavy atom. The Bertz CT molecular complexity index is 1110. The number of nitrogens with one attached hydrogen (secondary N) is 1. The summed E-state index contributed by atoms with van der Waals surface area (Å²) in [4.78, 5) is 50.3. The number of aromatic nitrogens is 4. The van der Waals surface area contributed by atoms with Crippen LogP contribution in [0.25, 0.3) is 11.5 Å². The second kappa shape index (κ2) is 10.6. The van der Waals surface area contributed by atoms with E-state index in [1.807, 2.05) is 6.92 Å². The predicted molar refractivity (Wildman–Crippen MR) is 116 cm³/mol. The lowest BCUT2D eigenvalue weighted by atomic mass is 10.3. The fraction of sp³-hybridized carbons (Fsp3) is 0.350. The van der Waals surface area contributed by atoms with Crippen LogP contribution in [0.2, 0.25) is 0 Å². The van der Waals surface area contributed by atoms with E-state index in [1.165, 1.54) is 4.90 Å². The van der Waals surface area contributed by atoms with Crippen molar-refractivity contribution in [1.82, 2.24) is 20.1 Å². The average Bonchev–Trinajstić information content (AvgIpc) is 3.38. The van der Waals surface area contributed by atoms with Gasteiger partial charge in [-0.15, -0.1) is 0 Å². The van der Waals surface area contributed by atoms with Crippen LogP contribution in [0.15, 0.2) is 22.7 Å². The Morgan fingerprint density at radius 3 is 2.75 bits per heavy atom. The molecule has 0 radical (unpaired) electrons. The third-order valence-corrected chi connectivity index (χ3v) is 5.21. The fourth-order valence-corrected chi connectivity index (χ4v) is 3.51. The molecule has 0 aliphatic heterocycles. The zero-order valence-electron chi connectivity index (χ0n) is 17.8. The first-order chi connectivity index (χ1) is 15.4. The van der Waals surface area contributed by atoms with Crippen molar-refractivity contribution in [3.05, 3.63) is 34.7 Å². The summed E-state index contributed by atoms with van der Waals surface area (Å²) in [6, 6.07) is 5.04. The largest absolute Gasteiger partial charge is 0.461 e. The standard InChI is InChI=1S/C20H22N6O5S/c1-4-10-30-19(29)17-12(2)21-20(32-17)24-16(28)8-9-26(11-27)15-7-5-6-14(23-15)18-22-13(3)31-25-18/h5-7,11H,4,8-10H2,1-3H3,(H,21,24,28). The van der Waals surface area contributed by atoms with Crippen molar-refractivity contribution in [2.45, 2.75) is 33.6 Å². The molecule has 0 aliphatic carbocycles. The van der Waals surface area contributed by atoms with Crippen LogP contribution in [0.5, 0.6) is 0 Å². The molecule has 2 amide bonds. The molecule has 0 unspecified atom stereocenters. The normalized spacial score (nSPS) is 10.6. The number of carbonyl (C=O) groups excluding carboxylic acids is 3. The van der Waals surface area contributed by atoms with E-state index in [9.17, 15) is 14.4 Å². The summed E-state index contributed by atoms with van der Waals surface area (Å²) in [7, 11) is 0. The van der Waals surface area contributed by atoms with Gasteiger partial charge in [0.25, 0.3) is 0 Å². The lowest BCUT2D eigenvalue weighted by Crippen LogP contribution is -2.27. The number of anilines is 2. The first kappa shape index (κ1) is 23.0. The van der Waals surface area contributed by atoms with E-state index in [0.717, 1.165) is 11.3 Å². The number of rotatable bonds is 10. The molecule has 168 valence electrons. The van der Waals surface area contributed by atoms with Crippen LogP contribution in [-0.2, 0) is 14.3 Å². The number of thiazole rings is 1. The zero-order chi connectivity index (χ0) is 23.1. The van der Waals surface area contributed by atoms with E-state index in [-0.39, 0.29) is 18.9 Å². The Morgan fingerprint density at radius 2 is 2.06 bits per heavy atom. The number of hydrogen-bond donors (Lipinski definition) is 1. The Labute approximate surface area is 187 Å². The number of nitrogens with zero attached hydrogens (tertiary/aromatic N) is 5. The molecule has 0 saturated carbocycles. The Balaban J connectivity index is 1.60. The molecular weight excluding hydrogens is 436 g/mol. The van der Waals surface area contributed by atoms with E-state index < -0.39 is 5.97 Å². The first-order valence-corrected chi connectivity index (χ1v) is 10.7. The lowest BCUT2D eigenvalue weighted by molar-refractivity contribution is -0.116. The molecular formula is C20H22N6O5S. The van der Waals surface area contributed by atoms with Crippen LogP contribution in [0.3, 0.4) is 0 Å². The first-order valence-electron chi connectivity index (χ1n) is 9.85. The highest BCUT2D eigenvalue weighted by molar-refractivity contribution is 7.17. The SMILES string of the molecule is CCCOC(=O)c1sc(NC(=O)CCN(C=O)c2cccc(-c3noc(C)n3)n2)nc1C. The van der Waals surface area contributed by atoms with Crippen LogP contribution in [-0.4, -0.2) is 51.5 Å². The van der Waals surface area contributed by atoms with Crippen LogP contribution in [0, 0.1) is 13.8 Å². The molecule has 3 aromatic heterocycles. The van der Waals surface area contributed by atoms with Crippen molar-refractivity contribution in [3.8, 4) is 11.5 Å². The summed E-state index contributed by atoms with van der Waals surface area (Å²) in [5.74, 6) is 0.232. The molecule has 0 fully saturated rings. The number of carbonyl (C=O) groups is 3. The van der Waals surface area contributed by atoms with Gasteiger partial charge in [0.1, 0.15) is 16.4 Å². The smallest absolute Gasteiger partial charge is 0.350 e. The number of aryl methyl sites for hydroxylation is 2. The minimum Gasteiger partial charge on any atom is -0.461 e. The predicted octanol–water partition coefficient (Wildman–Crippen LogP) is 2.76. The summed E-state index contributed by atoms with van der Waals surface area (Å²) in [5.41, 5.74) is 0.926. The summed E-state index contributed by atoms with van der Waals surface area (Å²) in [5, 5.41) is 6.76. The second-order valence-electron chi connectivity index (χ2n) is 6.68. The maximum absolute atomic E-state index is 12.4. The number of ether oxygens (including phenoxy) is 1. The molecule has 3 aromatic rings. The van der Waals surface area contributed by atoms with Gasteiger partial charge < -0.3 is 14.6 Å². The molecule has 11 nitrogen and oxygen atoms in total. The van der Waals surface area contributed by atoms with Gasteiger partial charge in [-0.1, -0.05) is 29.5 Å². The van der Waals surface area contributed by atoms with Gasteiger partial charge in [-0.05, 0) is 25.5 Å². The third-order valence-electron chi connectivity index (χ3n) is 4.16. The molecule has 0 spiro atoms. The number of amides is 2. The molecule has 3 heterocycles. The minimum absolute atomic E-state index is 0.000207. The Kier molecular flexibility index (Phi) is 7.60. The summed E-state index contributed by atoms with van der Waals surface area (Å²) < 4.78 is 10.1. The lowest BCUT2D eigenvalue weighted by Gasteiger charge is -2.16. The second-order valence-corrected chi connectivity index (χ2v) is 7.68. The quantitative estimate of drug-likeness (QED) is 0.358. The van der Waals surface area contributed by atoms with E-state index in [0.29, 0.717) is 58.4 Å². The summed E-state index contributed by atoms with van der Waals surface area (Å²) in [6.07, 6.45) is 1.31. The van der Waals surface area contributed by atoms with Gasteiger partial charge >= 0.3 is 5.97 Å². The van der Waals surface area contributed by atoms with Crippen molar-refractivity contribution in [3.63, 3.8) is 0 Å². The van der Waals surface area contributed by atoms with Gasteiger partial charge in [0, 0.05) is 19.9 Å². The van der Waals surface area contributed by atoms with Gasteiger partial charge in [-0.2, -0.15) is 4.98 Å². The van der Waals surface area contributed by atoms with Gasteiger partial charge in [0.2, 0.25) is 24.0 Å². The third kappa shape index (κ3) is 5.72. The van der Waals surface area contributed by atoms with E-state index in [4.69, 9.17) is 9.26 Å². The molecule has 0 saturated heterocycles. The molecule has 0 aliphatic rings. The minimum atomic E-state index is -0.461. The fourth-order valence-electron chi connectivity index (χ4n) is 2.64. The molecule has 0 bridgehead atoms. The molecule has 1 N–H and O–H groups in total. The van der Waals surface area contributed by atoms with Gasteiger partial charge in [0.15, 0.2) is 5.13 Å². The monoisotopic (exact) mass is 458 g/mol. The molecule has 0 atom stereocenters. The molecule has 32 heavy (non-hydrogen) atoms. The summed E-state index contributed by atoms with van der Waals surface area (Å²) >= 11 is 1.05.